The lowest BCUT2D eigenvalue weighted by Gasteiger charge is -2.28. The maximum atomic E-state index is 9.46. The number of nitriles is 1. The van der Waals surface area contributed by atoms with Crippen molar-refractivity contribution in [3.05, 3.63) is 52.3 Å². The van der Waals surface area contributed by atoms with E-state index >= 15 is 0 Å². The van der Waals surface area contributed by atoms with Crippen molar-refractivity contribution in [2.24, 2.45) is 10.8 Å². The van der Waals surface area contributed by atoms with E-state index in [0.717, 1.165) is 24.1 Å². The molecule has 1 aromatic carbocycles. The Labute approximate surface area is 165 Å². The summed E-state index contributed by atoms with van der Waals surface area (Å²) in [6.07, 6.45) is 2.28. The van der Waals surface area contributed by atoms with E-state index in [9.17, 15) is 5.26 Å². The van der Waals surface area contributed by atoms with Gasteiger partial charge in [-0.25, -0.2) is 0 Å². The highest BCUT2D eigenvalue weighted by atomic mass is 14.7. The Morgan fingerprint density at radius 1 is 0.852 bits per heavy atom. The monoisotopic (exact) mass is 362 g/mol. The van der Waals surface area contributed by atoms with Crippen LogP contribution in [0.15, 0.2) is 24.3 Å². The molecular weight excluding hydrogens is 328 g/mol. The van der Waals surface area contributed by atoms with Crippen LogP contribution in [0.1, 0.15) is 69.6 Å². The molecule has 0 N–H and O–H groups in total. The van der Waals surface area contributed by atoms with Gasteiger partial charge in [0, 0.05) is 11.4 Å². The zero-order valence-corrected chi connectivity index (χ0v) is 18.3. The van der Waals surface area contributed by atoms with Gasteiger partial charge in [0.15, 0.2) is 0 Å². The number of aryl methyl sites for hydroxylation is 2. The molecule has 1 aromatic heterocycles. The highest BCUT2D eigenvalue weighted by molar-refractivity contribution is 5.73. The zero-order valence-electron chi connectivity index (χ0n) is 18.3. The molecule has 144 valence electrons. The molecule has 0 spiro atoms. The molecule has 2 nitrogen and oxygen atoms in total. The van der Waals surface area contributed by atoms with Crippen molar-refractivity contribution < 1.29 is 0 Å². The topological polar surface area (TPSA) is 36.7 Å². The van der Waals surface area contributed by atoms with Crippen LogP contribution in [0.25, 0.3) is 11.1 Å². The van der Waals surface area contributed by atoms with Crippen molar-refractivity contribution >= 4 is 0 Å². The molecule has 2 aromatic rings. The Balaban J connectivity index is 2.84. The van der Waals surface area contributed by atoms with Crippen LogP contribution in [-0.2, 0) is 19.3 Å². The van der Waals surface area contributed by atoms with Gasteiger partial charge >= 0.3 is 0 Å². The minimum atomic E-state index is 0.146. The molecule has 0 unspecified atom stereocenters. The van der Waals surface area contributed by atoms with Crippen LogP contribution in [0.3, 0.4) is 0 Å². The smallest absolute Gasteiger partial charge is 0.0670 e. The second-order valence-electron chi connectivity index (χ2n) is 10.2. The average Bonchev–Trinajstić information content (AvgIpc) is 2.50. The van der Waals surface area contributed by atoms with Crippen molar-refractivity contribution in [2.45, 2.75) is 74.7 Å². The van der Waals surface area contributed by atoms with Gasteiger partial charge in [-0.15, -0.1) is 0 Å². The fraction of sp³-hybridized carbons (Fsp3) is 0.520. The van der Waals surface area contributed by atoms with Gasteiger partial charge in [-0.2, -0.15) is 5.26 Å². The van der Waals surface area contributed by atoms with Crippen LogP contribution < -0.4 is 0 Å². The molecule has 0 amide bonds. The first-order chi connectivity index (χ1) is 12.4. The first-order valence-electron chi connectivity index (χ1n) is 9.86. The Morgan fingerprint density at radius 2 is 1.41 bits per heavy atom. The Hall–Kier alpha value is -2.14. The quantitative estimate of drug-likeness (QED) is 0.613. The molecule has 1 heterocycles. The summed E-state index contributed by atoms with van der Waals surface area (Å²) in [6, 6.07) is 11.1. The molecule has 0 fully saturated rings. The van der Waals surface area contributed by atoms with E-state index in [0.29, 0.717) is 6.42 Å². The first-order valence-corrected chi connectivity index (χ1v) is 9.86. The van der Waals surface area contributed by atoms with Gasteiger partial charge in [0.25, 0.3) is 0 Å². The number of pyridine rings is 1. The van der Waals surface area contributed by atoms with Crippen molar-refractivity contribution in [1.82, 2.24) is 4.98 Å². The molecule has 2 rings (SSSR count). The van der Waals surface area contributed by atoms with Gasteiger partial charge in [0.2, 0.25) is 0 Å². The minimum absolute atomic E-state index is 0.146. The van der Waals surface area contributed by atoms with E-state index in [2.05, 4.69) is 85.7 Å². The lowest BCUT2D eigenvalue weighted by Crippen LogP contribution is -2.19. The number of hydrogen-bond donors (Lipinski definition) is 0. The molecular formula is C25H34N2. The fourth-order valence-electron chi connectivity index (χ4n) is 3.58. The van der Waals surface area contributed by atoms with E-state index in [1.165, 1.54) is 27.9 Å². The summed E-state index contributed by atoms with van der Waals surface area (Å²) < 4.78 is 0. The third kappa shape index (κ3) is 5.67. The molecule has 0 radical (unpaired) electrons. The number of rotatable bonds is 4. The molecule has 0 aliphatic heterocycles. The predicted octanol–water partition coefficient (Wildman–Crippen LogP) is 6.61. The van der Waals surface area contributed by atoms with E-state index in [4.69, 9.17) is 4.98 Å². The average molecular weight is 363 g/mol. The van der Waals surface area contributed by atoms with Gasteiger partial charge < -0.3 is 0 Å². The van der Waals surface area contributed by atoms with Crippen LogP contribution in [0.5, 0.6) is 0 Å². The van der Waals surface area contributed by atoms with E-state index < -0.39 is 0 Å². The molecule has 2 heteroatoms. The number of hydrogen-bond acceptors (Lipinski definition) is 2. The second kappa shape index (κ2) is 7.85. The van der Waals surface area contributed by atoms with Crippen LogP contribution in [0.4, 0.5) is 0 Å². The Morgan fingerprint density at radius 3 is 1.89 bits per heavy atom. The SMILES string of the molecule is Cc1ccc(-c2c(CC#N)c(C)nc(CC(C)(C)C)c2CC(C)(C)C)cc1. The zero-order chi connectivity index (χ0) is 20.4. The van der Waals surface area contributed by atoms with Crippen LogP contribution >= 0.6 is 0 Å². The molecule has 0 bridgehead atoms. The third-order valence-corrected chi connectivity index (χ3v) is 4.69. The highest BCUT2D eigenvalue weighted by Crippen LogP contribution is 2.37. The molecule has 0 saturated heterocycles. The van der Waals surface area contributed by atoms with Gasteiger partial charge in [0.05, 0.1) is 12.5 Å². The van der Waals surface area contributed by atoms with Crippen molar-refractivity contribution in [2.75, 3.05) is 0 Å². The van der Waals surface area contributed by atoms with E-state index in [-0.39, 0.29) is 10.8 Å². The summed E-state index contributed by atoms with van der Waals surface area (Å²) in [7, 11) is 0. The van der Waals surface area contributed by atoms with Crippen molar-refractivity contribution in [3.8, 4) is 17.2 Å². The lowest BCUT2D eigenvalue weighted by atomic mass is 9.79. The van der Waals surface area contributed by atoms with Crippen LogP contribution in [-0.4, -0.2) is 4.98 Å². The lowest BCUT2D eigenvalue weighted by molar-refractivity contribution is 0.388. The van der Waals surface area contributed by atoms with Crippen molar-refractivity contribution in [1.29, 1.82) is 5.26 Å². The maximum Gasteiger partial charge on any atom is 0.0670 e. The third-order valence-electron chi connectivity index (χ3n) is 4.69. The van der Waals surface area contributed by atoms with Gasteiger partial charge in [-0.05, 0) is 59.8 Å². The summed E-state index contributed by atoms with van der Waals surface area (Å²) in [6.45, 7) is 17.8. The van der Waals surface area contributed by atoms with Crippen molar-refractivity contribution in [3.63, 3.8) is 0 Å². The molecule has 27 heavy (non-hydrogen) atoms. The summed E-state index contributed by atoms with van der Waals surface area (Å²) in [5, 5.41) is 9.46. The number of benzene rings is 1. The molecule has 0 aliphatic rings. The predicted molar refractivity (Wildman–Crippen MR) is 115 cm³/mol. The van der Waals surface area contributed by atoms with Gasteiger partial charge in [0.1, 0.15) is 0 Å². The molecule has 0 atom stereocenters. The standard InChI is InChI=1S/C25H34N2/c1-17-9-11-19(12-10-17)23-20(13-14-26)18(2)27-22(16-25(6,7)8)21(23)15-24(3,4)5/h9-12H,13,15-16H2,1-8H3. The second-order valence-corrected chi connectivity index (χ2v) is 10.2. The summed E-state index contributed by atoms with van der Waals surface area (Å²) in [4.78, 5) is 5.01. The number of nitrogens with zero attached hydrogens (tertiary/aromatic N) is 2. The number of aromatic nitrogens is 1. The summed E-state index contributed by atoms with van der Waals surface area (Å²) in [5.74, 6) is 0. The fourth-order valence-corrected chi connectivity index (χ4v) is 3.58. The molecule has 0 saturated carbocycles. The van der Waals surface area contributed by atoms with Gasteiger partial charge in [-0.3, -0.25) is 4.98 Å². The van der Waals surface area contributed by atoms with E-state index in [1.807, 2.05) is 0 Å². The Kier molecular flexibility index (Phi) is 6.15. The van der Waals surface area contributed by atoms with Crippen LogP contribution in [0.2, 0.25) is 0 Å². The highest BCUT2D eigenvalue weighted by Gasteiger charge is 2.25. The maximum absolute atomic E-state index is 9.46. The first kappa shape index (κ1) is 21.2. The minimum Gasteiger partial charge on any atom is -0.258 e. The summed E-state index contributed by atoms with van der Waals surface area (Å²) >= 11 is 0. The van der Waals surface area contributed by atoms with E-state index in [1.54, 1.807) is 0 Å². The van der Waals surface area contributed by atoms with Gasteiger partial charge in [-0.1, -0.05) is 71.4 Å². The summed E-state index contributed by atoms with van der Waals surface area (Å²) in [5.41, 5.74) is 8.56. The normalized spacial score (nSPS) is 12.1. The Bertz CT molecular complexity index is 838. The largest absolute Gasteiger partial charge is 0.258 e. The molecule has 0 aliphatic carbocycles. The van der Waals surface area contributed by atoms with Crippen LogP contribution in [0, 0.1) is 36.0 Å².